The topological polar surface area (TPSA) is 99.2 Å². The number of nitrogens with zero attached hydrogens (tertiary/aromatic N) is 3. The molecule has 2 aromatic rings. The van der Waals surface area contributed by atoms with Gasteiger partial charge in [0.05, 0.1) is 4.92 Å². The summed E-state index contributed by atoms with van der Waals surface area (Å²) in [6, 6.07) is 8.72. The van der Waals surface area contributed by atoms with Crippen LogP contribution < -0.4 is 0 Å². The van der Waals surface area contributed by atoms with Crippen molar-refractivity contribution >= 4 is 11.5 Å². The van der Waals surface area contributed by atoms with Crippen LogP contribution in [0.4, 0.5) is 11.5 Å². The quantitative estimate of drug-likeness (QED) is 0.611. The van der Waals surface area contributed by atoms with E-state index in [0.717, 1.165) is 0 Å². The Morgan fingerprint density at radius 1 is 0.833 bits per heavy atom. The number of benzene rings is 1. The van der Waals surface area contributed by atoms with Crippen LogP contribution in [0.5, 0.6) is 0 Å². The van der Waals surface area contributed by atoms with Crippen molar-refractivity contribution < 1.29 is 9.85 Å². The molecule has 0 amide bonds. The van der Waals surface area contributed by atoms with Gasteiger partial charge in [0.15, 0.2) is 0 Å². The molecule has 0 bridgehead atoms. The van der Waals surface area contributed by atoms with Crippen LogP contribution in [0.1, 0.15) is 0 Å². The molecule has 0 spiro atoms. The summed E-state index contributed by atoms with van der Waals surface area (Å²) in [7, 11) is 0. The van der Waals surface area contributed by atoms with Crippen molar-refractivity contribution in [2.24, 2.45) is 0 Å². The Kier molecular flexibility index (Phi) is 2.96. The van der Waals surface area contributed by atoms with Crippen LogP contribution in [0.15, 0.2) is 42.6 Å². The highest BCUT2D eigenvalue weighted by Gasteiger charge is 2.09. The lowest BCUT2D eigenvalue weighted by Gasteiger charge is -1.99. The molecule has 0 saturated heterocycles. The zero-order chi connectivity index (χ0) is 13.1. The normalized spacial score (nSPS) is 10.0. The monoisotopic (exact) mass is 245 g/mol. The van der Waals surface area contributed by atoms with Gasteiger partial charge in [-0.2, -0.15) is 0 Å². The molecule has 0 aliphatic heterocycles. The maximum atomic E-state index is 10.5. The zero-order valence-corrected chi connectivity index (χ0v) is 9.02. The van der Waals surface area contributed by atoms with E-state index in [1.54, 1.807) is 18.2 Å². The van der Waals surface area contributed by atoms with E-state index in [0.29, 0.717) is 11.1 Å². The van der Waals surface area contributed by atoms with Gasteiger partial charge in [-0.1, -0.05) is 0 Å². The van der Waals surface area contributed by atoms with E-state index < -0.39 is 9.85 Å². The lowest BCUT2D eigenvalue weighted by molar-refractivity contribution is -0.389. The summed E-state index contributed by atoms with van der Waals surface area (Å²) in [4.78, 5) is 23.5. The first kappa shape index (κ1) is 11.6. The fourth-order valence-corrected chi connectivity index (χ4v) is 1.44. The van der Waals surface area contributed by atoms with Crippen LogP contribution in [0, 0.1) is 20.2 Å². The Bertz CT molecular complexity index is 537. The minimum Gasteiger partial charge on any atom is -0.358 e. The molecule has 1 heterocycles. The third-order valence-electron chi connectivity index (χ3n) is 2.35. The SMILES string of the molecule is O=[N+]([O-])c1ccc(-c2ccc([N+](=O)[O-])nc2)cc1. The Hall–Kier alpha value is -2.83. The third kappa shape index (κ3) is 2.29. The second-order valence-electron chi connectivity index (χ2n) is 3.47. The lowest BCUT2D eigenvalue weighted by atomic mass is 10.1. The molecular formula is C11H7N3O4. The van der Waals surface area contributed by atoms with Crippen molar-refractivity contribution in [1.29, 1.82) is 0 Å². The average Bonchev–Trinajstić information content (AvgIpc) is 2.39. The van der Waals surface area contributed by atoms with Gasteiger partial charge in [-0.3, -0.25) is 10.1 Å². The Balaban J connectivity index is 2.31. The molecule has 0 fully saturated rings. The van der Waals surface area contributed by atoms with Crippen LogP contribution in [-0.4, -0.2) is 14.8 Å². The highest BCUT2D eigenvalue weighted by molar-refractivity contribution is 5.64. The first-order chi connectivity index (χ1) is 8.58. The van der Waals surface area contributed by atoms with Gasteiger partial charge in [0.1, 0.15) is 6.20 Å². The molecular weight excluding hydrogens is 238 g/mol. The van der Waals surface area contributed by atoms with Crippen molar-refractivity contribution in [3.63, 3.8) is 0 Å². The summed E-state index contributed by atoms with van der Waals surface area (Å²) < 4.78 is 0. The van der Waals surface area contributed by atoms with E-state index in [4.69, 9.17) is 0 Å². The van der Waals surface area contributed by atoms with E-state index in [9.17, 15) is 20.2 Å². The van der Waals surface area contributed by atoms with Gasteiger partial charge in [-0.15, -0.1) is 0 Å². The van der Waals surface area contributed by atoms with E-state index in [-0.39, 0.29) is 11.5 Å². The van der Waals surface area contributed by atoms with Gasteiger partial charge >= 0.3 is 5.82 Å². The van der Waals surface area contributed by atoms with Crippen LogP contribution in [0.25, 0.3) is 11.1 Å². The molecule has 0 aliphatic carbocycles. The number of aromatic nitrogens is 1. The van der Waals surface area contributed by atoms with Crippen LogP contribution in [0.2, 0.25) is 0 Å². The molecule has 0 atom stereocenters. The molecule has 0 saturated carbocycles. The molecule has 90 valence electrons. The molecule has 0 unspecified atom stereocenters. The summed E-state index contributed by atoms with van der Waals surface area (Å²) in [5, 5.41) is 20.9. The van der Waals surface area contributed by atoms with Gasteiger partial charge in [0.25, 0.3) is 5.69 Å². The van der Waals surface area contributed by atoms with Crippen LogP contribution in [-0.2, 0) is 0 Å². The molecule has 7 nitrogen and oxygen atoms in total. The van der Waals surface area contributed by atoms with Crippen LogP contribution in [0.3, 0.4) is 0 Å². The Morgan fingerprint density at radius 3 is 1.89 bits per heavy atom. The van der Waals surface area contributed by atoms with Crippen molar-refractivity contribution in [2.45, 2.75) is 0 Å². The summed E-state index contributed by atoms with van der Waals surface area (Å²) >= 11 is 0. The maximum Gasteiger partial charge on any atom is 0.363 e. The fraction of sp³-hybridized carbons (Fsp3) is 0. The molecule has 2 rings (SSSR count). The molecule has 0 N–H and O–H groups in total. The van der Waals surface area contributed by atoms with Gasteiger partial charge in [0, 0.05) is 23.8 Å². The first-order valence-corrected chi connectivity index (χ1v) is 4.93. The van der Waals surface area contributed by atoms with Gasteiger partial charge < -0.3 is 10.1 Å². The molecule has 1 aromatic carbocycles. The second kappa shape index (κ2) is 4.58. The lowest BCUT2D eigenvalue weighted by Crippen LogP contribution is -1.91. The minimum atomic E-state index is -0.584. The van der Waals surface area contributed by atoms with Gasteiger partial charge in [0.2, 0.25) is 0 Å². The zero-order valence-electron chi connectivity index (χ0n) is 9.02. The van der Waals surface area contributed by atoms with Gasteiger partial charge in [-0.25, -0.2) is 0 Å². The van der Waals surface area contributed by atoms with Crippen molar-refractivity contribution in [3.05, 3.63) is 62.8 Å². The summed E-state index contributed by atoms with van der Waals surface area (Å²) in [6.07, 6.45) is 1.36. The Morgan fingerprint density at radius 2 is 1.44 bits per heavy atom. The predicted octanol–water partition coefficient (Wildman–Crippen LogP) is 2.57. The summed E-state index contributed by atoms with van der Waals surface area (Å²) in [5.41, 5.74) is 1.37. The van der Waals surface area contributed by atoms with E-state index in [2.05, 4.69) is 4.98 Å². The third-order valence-corrected chi connectivity index (χ3v) is 2.35. The van der Waals surface area contributed by atoms with E-state index in [1.165, 1.54) is 24.4 Å². The molecule has 0 aliphatic rings. The van der Waals surface area contributed by atoms with E-state index in [1.807, 2.05) is 0 Å². The number of hydrogen-bond acceptors (Lipinski definition) is 5. The summed E-state index contributed by atoms with van der Waals surface area (Å²) in [5.74, 6) is -0.235. The smallest absolute Gasteiger partial charge is 0.358 e. The Labute approximate surface area is 101 Å². The standard InChI is InChI=1S/C11H7N3O4/c15-13(16)10-4-1-8(2-5-10)9-3-6-11(12-7-9)14(17)18/h1-7H. The highest BCUT2D eigenvalue weighted by Crippen LogP contribution is 2.22. The number of non-ortho nitro benzene ring substituents is 1. The summed E-state index contributed by atoms with van der Waals surface area (Å²) in [6.45, 7) is 0. The molecule has 18 heavy (non-hydrogen) atoms. The van der Waals surface area contributed by atoms with Crippen LogP contribution >= 0.6 is 0 Å². The number of pyridine rings is 1. The molecule has 0 radical (unpaired) electrons. The number of nitro benzene ring substituents is 1. The number of nitro groups is 2. The number of hydrogen-bond donors (Lipinski definition) is 0. The molecule has 7 heteroatoms. The average molecular weight is 245 g/mol. The maximum absolute atomic E-state index is 10.5. The first-order valence-electron chi connectivity index (χ1n) is 4.93. The highest BCUT2D eigenvalue weighted by atomic mass is 16.6. The van der Waals surface area contributed by atoms with Gasteiger partial charge in [-0.05, 0) is 33.7 Å². The van der Waals surface area contributed by atoms with Crippen molar-refractivity contribution in [3.8, 4) is 11.1 Å². The second-order valence-corrected chi connectivity index (χ2v) is 3.47. The fourth-order valence-electron chi connectivity index (χ4n) is 1.44. The molecule has 1 aromatic heterocycles. The minimum absolute atomic E-state index is 0.00591. The van der Waals surface area contributed by atoms with Crippen molar-refractivity contribution in [1.82, 2.24) is 4.98 Å². The predicted molar refractivity (Wildman–Crippen MR) is 63.0 cm³/mol. The number of rotatable bonds is 3. The largest absolute Gasteiger partial charge is 0.363 e. The van der Waals surface area contributed by atoms with E-state index >= 15 is 0 Å². The van der Waals surface area contributed by atoms with Crippen molar-refractivity contribution in [2.75, 3.05) is 0 Å².